The predicted octanol–water partition coefficient (Wildman–Crippen LogP) is 2.46. The van der Waals surface area contributed by atoms with Crippen LogP contribution in [0.3, 0.4) is 0 Å². The van der Waals surface area contributed by atoms with Gasteiger partial charge in [-0.05, 0) is 38.1 Å². The van der Waals surface area contributed by atoms with Crippen molar-refractivity contribution in [3.8, 4) is 0 Å². The number of carbonyl (C=O) groups is 1. The number of carboxylic acid groups (broad SMARTS) is 1. The standard InChI is InChI=1S/C13H25NO2/c1-9-5-10(2)7-12(6-9)14(4)8-11(3)13(15)16/h9-12H,5-8H2,1-4H3,(H,15,16). The topological polar surface area (TPSA) is 40.5 Å². The van der Waals surface area contributed by atoms with E-state index in [1.54, 1.807) is 6.92 Å². The van der Waals surface area contributed by atoms with E-state index in [1.807, 2.05) is 0 Å². The molecular weight excluding hydrogens is 202 g/mol. The van der Waals surface area contributed by atoms with E-state index in [4.69, 9.17) is 5.11 Å². The third kappa shape index (κ3) is 3.78. The number of nitrogens with zero attached hydrogens (tertiary/aromatic N) is 1. The molecule has 3 heteroatoms. The Labute approximate surface area is 98.8 Å². The normalized spacial score (nSPS) is 32.7. The zero-order chi connectivity index (χ0) is 12.3. The van der Waals surface area contributed by atoms with Gasteiger partial charge in [-0.15, -0.1) is 0 Å². The Morgan fingerprint density at radius 3 is 2.25 bits per heavy atom. The maximum Gasteiger partial charge on any atom is 0.307 e. The van der Waals surface area contributed by atoms with Crippen LogP contribution in [-0.4, -0.2) is 35.6 Å². The number of aliphatic carboxylic acids is 1. The smallest absolute Gasteiger partial charge is 0.307 e. The van der Waals surface area contributed by atoms with Crippen molar-refractivity contribution in [2.24, 2.45) is 17.8 Å². The summed E-state index contributed by atoms with van der Waals surface area (Å²) in [5.41, 5.74) is 0. The van der Waals surface area contributed by atoms with Crippen molar-refractivity contribution in [1.29, 1.82) is 0 Å². The molecular formula is C13H25NO2. The van der Waals surface area contributed by atoms with Crippen LogP contribution in [0, 0.1) is 17.8 Å². The summed E-state index contributed by atoms with van der Waals surface area (Å²) in [4.78, 5) is 13.1. The van der Waals surface area contributed by atoms with E-state index in [0.717, 1.165) is 11.8 Å². The highest BCUT2D eigenvalue weighted by Crippen LogP contribution is 2.31. The van der Waals surface area contributed by atoms with Crippen LogP contribution in [0.1, 0.15) is 40.0 Å². The van der Waals surface area contributed by atoms with Crippen LogP contribution >= 0.6 is 0 Å². The minimum atomic E-state index is -0.691. The Balaban J connectivity index is 2.46. The second-order valence-corrected chi connectivity index (χ2v) is 5.75. The number of hydrogen-bond donors (Lipinski definition) is 1. The van der Waals surface area contributed by atoms with Gasteiger partial charge in [0, 0.05) is 12.6 Å². The van der Waals surface area contributed by atoms with Gasteiger partial charge in [0.05, 0.1) is 5.92 Å². The van der Waals surface area contributed by atoms with Gasteiger partial charge in [-0.3, -0.25) is 4.79 Å². The molecule has 0 spiro atoms. The minimum Gasteiger partial charge on any atom is -0.481 e. The lowest BCUT2D eigenvalue weighted by molar-refractivity contribution is -0.141. The van der Waals surface area contributed by atoms with Crippen LogP contribution in [-0.2, 0) is 4.79 Å². The molecule has 16 heavy (non-hydrogen) atoms. The number of carboxylic acids is 1. The predicted molar refractivity (Wildman–Crippen MR) is 65.4 cm³/mol. The third-order valence-corrected chi connectivity index (χ3v) is 3.76. The summed E-state index contributed by atoms with van der Waals surface area (Å²) in [6, 6.07) is 0.570. The third-order valence-electron chi connectivity index (χ3n) is 3.76. The highest BCUT2D eigenvalue weighted by atomic mass is 16.4. The summed E-state index contributed by atoms with van der Waals surface area (Å²) in [5.74, 6) is 0.592. The molecule has 0 bridgehead atoms. The molecule has 0 aromatic rings. The first-order chi connectivity index (χ1) is 7.40. The van der Waals surface area contributed by atoms with Gasteiger partial charge in [-0.1, -0.05) is 20.8 Å². The van der Waals surface area contributed by atoms with Crippen molar-refractivity contribution < 1.29 is 9.90 Å². The second-order valence-electron chi connectivity index (χ2n) is 5.75. The SMILES string of the molecule is CC1CC(C)CC(N(C)CC(C)C(=O)O)C1. The van der Waals surface area contributed by atoms with Gasteiger partial charge in [0.15, 0.2) is 0 Å². The Hall–Kier alpha value is -0.570. The Kier molecular flexibility index (Phi) is 4.78. The van der Waals surface area contributed by atoms with E-state index in [9.17, 15) is 4.79 Å². The Morgan fingerprint density at radius 2 is 1.81 bits per heavy atom. The second kappa shape index (κ2) is 5.67. The molecule has 0 saturated heterocycles. The van der Waals surface area contributed by atoms with Crippen LogP contribution in [0.5, 0.6) is 0 Å². The summed E-state index contributed by atoms with van der Waals surface area (Å²) in [6.45, 7) is 7.06. The lowest BCUT2D eigenvalue weighted by Crippen LogP contribution is -2.41. The summed E-state index contributed by atoms with van der Waals surface area (Å²) in [5, 5.41) is 8.91. The lowest BCUT2D eigenvalue weighted by atomic mass is 9.80. The first-order valence-electron chi connectivity index (χ1n) is 6.33. The molecule has 0 aromatic heterocycles. The van der Waals surface area contributed by atoms with Gasteiger partial charge < -0.3 is 10.0 Å². The molecule has 1 aliphatic rings. The van der Waals surface area contributed by atoms with E-state index in [-0.39, 0.29) is 5.92 Å². The average Bonchev–Trinajstić information content (AvgIpc) is 2.15. The van der Waals surface area contributed by atoms with Crippen molar-refractivity contribution in [2.45, 2.75) is 46.1 Å². The molecule has 0 aliphatic heterocycles. The van der Waals surface area contributed by atoms with Crippen molar-refractivity contribution in [2.75, 3.05) is 13.6 Å². The Morgan fingerprint density at radius 1 is 1.31 bits per heavy atom. The molecule has 3 nitrogen and oxygen atoms in total. The van der Waals surface area contributed by atoms with Crippen LogP contribution in [0.4, 0.5) is 0 Å². The fourth-order valence-electron chi connectivity index (χ4n) is 2.92. The van der Waals surface area contributed by atoms with E-state index < -0.39 is 5.97 Å². The molecule has 3 atom stereocenters. The van der Waals surface area contributed by atoms with E-state index in [2.05, 4.69) is 25.8 Å². The van der Waals surface area contributed by atoms with Crippen LogP contribution in [0.2, 0.25) is 0 Å². The van der Waals surface area contributed by atoms with Gasteiger partial charge in [0.1, 0.15) is 0 Å². The quantitative estimate of drug-likeness (QED) is 0.802. The fourth-order valence-corrected chi connectivity index (χ4v) is 2.92. The highest BCUT2D eigenvalue weighted by molar-refractivity contribution is 5.69. The lowest BCUT2D eigenvalue weighted by Gasteiger charge is -2.37. The largest absolute Gasteiger partial charge is 0.481 e. The van der Waals surface area contributed by atoms with E-state index in [1.165, 1.54) is 19.3 Å². The maximum atomic E-state index is 10.8. The summed E-state index contributed by atoms with van der Waals surface area (Å²) in [7, 11) is 2.06. The molecule has 94 valence electrons. The molecule has 0 amide bonds. The maximum absolute atomic E-state index is 10.8. The van der Waals surface area contributed by atoms with Crippen molar-refractivity contribution in [1.82, 2.24) is 4.90 Å². The monoisotopic (exact) mass is 227 g/mol. The van der Waals surface area contributed by atoms with Crippen molar-refractivity contribution in [3.05, 3.63) is 0 Å². The number of hydrogen-bond acceptors (Lipinski definition) is 2. The number of rotatable bonds is 4. The summed E-state index contributed by atoms with van der Waals surface area (Å²) < 4.78 is 0. The van der Waals surface area contributed by atoms with Crippen LogP contribution in [0.15, 0.2) is 0 Å². The van der Waals surface area contributed by atoms with Gasteiger partial charge in [-0.2, -0.15) is 0 Å². The van der Waals surface area contributed by atoms with Gasteiger partial charge in [0.2, 0.25) is 0 Å². The molecule has 1 N–H and O–H groups in total. The van der Waals surface area contributed by atoms with Gasteiger partial charge >= 0.3 is 5.97 Å². The molecule has 0 heterocycles. The summed E-state index contributed by atoms with van der Waals surface area (Å²) in [6.07, 6.45) is 3.75. The van der Waals surface area contributed by atoms with E-state index in [0.29, 0.717) is 12.6 Å². The first kappa shape index (κ1) is 13.5. The van der Waals surface area contributed by atoms with Crippen LogP contribution in [0.25, 0.3) is 0 Å². The molecule has 0 aromatic carbocycles. The van der Waals surface area contributed by atoms with Gasteiger partial charge in [0.25, 0.3) is 0 Å². The molecule has 1 saturated carbocycles. The highest BCUT2D eigenvalue weighted by Gasteiger charge is 2.28. The van der Waals surface area contributed by atoms with Crippen LogP contribution < -0.4 is 0 Å². The molecule has 1 fully saturated rings. The molecule has 1 aliphatic carbocycles. The van der Waals surface area contributed by atoms with E-state index >= 15 is 0 Å². The zero-order valence-electron chi connectivity index (χ0n) is 10.9. The molecule has 3 unspecified atom stereocenters. The summed E-state index contributed by atoms with van der Waals surface area (Å²) >= 11 is 0. The zero-order valence-corrected chi connectivity index (χ0v) is 10.9. The first-order valence-corrected chi connectivity index (χ1v) is 6.33. The molecule has 1 rings (SSSR count). The van der Waals surface area contributed by atoms with Gasteiger partial charge in [-0.25, -0.2) is 0 Å². The molecule has 0 radical (unpaired) electrons. The average molecular weight is 227 g/mol. The Bertz CT molecular complexity index is 232. The van der Waals surface area contributed by atoms with Crippen molar-refractivity contribution >= 4 is 5.97 Å². The minimum absolute atomic E-state index is 0.266. The fraction of sp³-hybridized carbons (Fsp3) is 0.923. The van der Waals surface area contributed by atoms with Crippen molar-refractivity contribution in [3.63, 3.8) is 0 Å².